The number of carboxylic acids is 1. The van der Waals surface area contributed by atoms with Crippen molar-refractivity contribution in [3.8, 4) is 0 Å². The zero-order valence-electron chi connectivity index (χ0n) is 9.20. The number of hydrogen-bond donors (Lipinski definition) is 2. The molecule has 0 spiro atoms. The average molecular weight is 254 g/mol. The molecule has 0 saturated heterocycles. The molecule has 0 bridgehead atoms. The highest BCUT2D eigenvalue weighted by Crippen LogP contribution is 2.11. The molecule has 4 N–H and O–H groups in total. The summed E-state index contributed by atoms with van der Waals surface area (Å²) < 4.78 is 0. The lowest BCUT2D eigenvalue weighted by atomic mass is 10.2. The van der Waals surface area contributed by atoms with E-state index in [1.54, 1.807) is 0 Å². The summed E-state index contributed by atoms with van der Waals surface area (Å²) in [5, 5.41) is 22.9. The van der Waals surface area contributed by atoms with Crippen LogP contribution in [0.25, 0.3) is 0 Å². The van der Waals surface area contributed by atoms with Gasteiger partial charge in [0.2, 0.25) is 0 Å². The maximum atomic E-state index is 10.5. The van der Waals surface area contributed by atoms with Gasteiger partial charge in [-0.2, -0.15) is 0 Å². The largest absolute Gasteiger partial charge is 0.544 e. The summed E-state index contributed by atoms with van der Waals surface area (Å²) in [6, 6.07) is 8.68. The van der Waals surface area contributed by atoms with E-state index in [-0.39, 0.29) is 5.75 Å². The topological polar surface area (TPSA) is 100 Å². The van der Waals surface area contributed by atoms with E-state index >= 15 is 0 Å². The fourth-order valence-electron chi connectivity index (χ4n) is 1.15. The standard InChI is InChI=1S/C11H14N2O3S/c12-9(11(14)15)7-17-10(13-16)6-8-4-2-1-3-5-8/h1-5,9,16H,6-7,12H2,(H,14,15)/b13-10-/t9-/m0/s1. The molecule has 0 aliphatic rings. The molecule has 0 amide bonds. The molecule has 92 valence electrons. The van der Waals surface area contributed by atoms with Crippen LogP contribution < -0.4 is 10.8 Å². The van der Waals surface area contributed by atoms with Gasteiger partial charge in [-0.3, -0.25) is 0 Å². The molecule has 0 unspecified atom stereocenters. The van der Waals surface area contributed by atoms with E-state index in [9.17, 15) is 9.90 Å². The number of hydrogen-bond acceptors (Lipinski definition) is 5. The number of carboxylic acid groups (broad SMARTS) is 1. The monoisotopic (exact) mass is 254 g/mol. The number of benzene rings is 1. The van der Waals surface area contributed by atoms with Gasteiger partial charge < -0.3 is 20.8 Å². The van der Waals surface area contributed by atoms with Gasteiger partial charge in [-0.1, -0.05) is 35.5 Å². The van der Waals surface area contributed by atoms with Crippen LogP contribution in [0.4, 0.5) is 0 Å². The van der Waals surface area contributed by atoms with E-state index in [1.807, 2.05) is 30.3 Å². The van der Waals surface area contributed by atoms with Crippen LogP contribution in [0.1, 0.15) is 5.56 Å². The highest BCUT2D eigenvalue weighted by molar-refractivity contribution is 8.14. The number of rotatable bonds is 5. The van der Waals surface area contributed by atoms with E-state index in [0.29, 0.717) is 11.5 Å². The third-order valence-electron chi connectivity index (χ3n) is 2.09. The van der Waals surface area contributed by atoms with Gasteiger partial charge in [0.15, 0.2) is 0 Å². The zero-order valence-corrected chi connectivity index (χ0v) is 10.0. The molecular formula is C11H14N2O3S. The Balaban J connectivity index is 2.48. The van der Waals surface area contributed by atoms with E-state index < -0.39 is 12.0 Å². The summed E-state index contributed by atoms with van der Waals surface area (Å²) in [5.74, 6) is -0.969. The highest BCUT2D eigenvalue weighted by Gasteiger charge is 2.11. The summed E-state index contributed by atoms with van der Waals surface area (Å²) >= 11 is 1.17. The van der Waals surface area contributed by atoms with E-state index in [1.165, 1.54) is 11.8 Å². The predicted molar refractivity (Wildman–Crippen MR) is 63.5 cm³/mol. The van der Waals surface area contributed by atoms with Gasteiger partial charge >= 0.3 is 0 Å². The number of nitrogens with zero attached hydrogens (tertiary/aromatic N) is 1. The number of aliphatic carboxylic acids is 1. The van der Waals surface area contributed by atoms with Crippen LogP contribution in [0, 0.1) is 0 Å². The second-order valence-corrected chi connectivity index (χ2v) is 4.58. The number of carbonyl (C=O) groups is 1. The van der Waals surface area contributed by atoms with Crippen molar-refractivity contribution in [3.63, 3.8) is 0 Å². The summed E-state index contributed by atoms with van der Waals surface area (Å²) in [5.41, 5.74) is 4.43. The van der Waals surface area contributed by atoms with Crippen molar-refractivity contribution in [2.75, 3.05) is 5.75 Å². The van der Waals surface area contributed by atoms with Crippen molar-refractivity contribution in [3.05, 3.63) is 35.9 Å². The predicted octanol–water partition coefficient (Wildman–Crippen LogP) is -0.890. The van der Waals surface area contributed by atoms with Crippen LogP contribution in [0.2, 0.25) is 0 Å². The van der Waals surface area contributed by atoms with Crippen molar-refractivity contribution in [1.29, 1.82) is 0 Å². The first kappa shape index (κ1) is 13.5. The van der Waals surface area contributed by atoms with Gasteiger partial charge in [-0.25, -0.2) is 0 Å². The Kier molecular flexibility index (Phi) is 5.51. The molecular weight excluding hydrogens is 240 g/mol. The van der Waals surface area contributed by atoms with Crippen molar-refractivity contribution in [1.82, 2.24) is 0 Å². The fraction of sp³-hybridized carbons (Fsp3) is 0.273. The van der Waals surface area contributed by atoms with Crippen molar-refractivity contribution >= 4 is 22.8 Å². The highest BCUT2D eigenvalue weighted by atomic mass is 32.2. The van der Waals surface area contributed by atoms with Gasteiger partial charge in [0.1, 0.15) is 11.1 Å². The Morgan fingerprint density at radius 1 is 1.47 bits per heavy atom. The smallest absolute Gasteiger partial charge is 0.134 e. The number of quaternary nitrogens is 1. The van der Waals surface area contributed by atoms with Crippen LogP contribution in [0.5, 0.6) is 0 Å². The van der Waals surface area contributed by atoms with Gasteiger partial charge in [0.25, 0.3) is 0 Å². The Morgan fingerprint density at radius 3 is 2.65 bits per heavy atom. The summed E-state index contributed by atoms with van der Waals surface area (Å²) in [6.45, 7) is 0. The average Bonchev–Trinajstić information content (AvgIpc) is 2.35. The van der Waals surface area contributed by atoms with E-state index in [2.05, 4.69) is 10.9 Å². The Hall–Kier alpha value is -1.53. The molecule has 5 nitrogen and oxygen atoms in total. The quantitative estimate of drug-likeness (QED) is 0.308. The second kappa shape index (κ2) is 6.93. The maximum Gasteiger partial charge on any atom is 0.134 e. The minimum Gasteiger partial charge on any atom is -0.544 e. The third-order valence-corrected chi connectivity index (χ3v) is 3.22. The van der Waals surface area contributed by atoms with Crippen molar-refractivity contribution in [2.24, 2.45) is 5.16 Å². The molecule has 1 aromatic carbocycles. The summed E-state index contributed by atoms with van der Waals surface area (Å²) in [4.78, 5) is 10.5. The number of oxime groups is 1. The fourth-order valence-corrected chi connectivity index (χ4v) is 2.01. The molecule has 0 aromatic heterocycles. The first-order valence-corrected chi connectivity index (χ1v) is 6.03. The lowest BCUT2D eigenvalue weighted by Crippen LogP contribution is -2.69. The van der Waals surface area contributed by atoms with Crippen LogP contribution in [-0.2, 0) is 11.2 Å². The molecule has 1 aromatic rings. The molecule has 0 saturated carbocycles. The third kappa shape index (κ3) is 4.88. The lowest BCUT2D eigenvalue weighted by molar-refractivity contribution is -0.431. The van der Waals surface area contributed by atoms with Gasteiger partial charge in [0, 0.05) is 6.42 Å². The van der Waals surface area contributed by atoms with Gasteiger partial charge in [-0.15, -0.1) is 11.8 Å². The van der Waals surface area contributed by atoms with Crippen LogP contribution in [-0.4, -0.2) is 28.0 Å². The van der Waals surface area contributed by atoms with Crippen molar-refractivity contribution in [2.45, 2.75) is 12.5 Å². The molecule has 1 rings (SSSR count). The summed E-state index contributed by atoms with van der Waals surface area (Å²) in [7, 11) is 0. The maximum absolute atomic E-state index is 10.5. The van der Waals surface area contributed by atoms with Crippen molar-refractivity contribution < 1.29 is 20.8 Å². The Bertz CT molecular complexity index is 395. The van der Waals surface area contributed by atoms with E-state index in [0.717, 1.165) is 5.56 Å². The zero-order chi connectivity index (χ0) is 12.7. The SMILES string of the molecule is [NH3+][C@@H](CS/C(Cc1ccccc1)=N\O)C(=O)[O-]. The number of thioether (sulfide) groups is 1. The van der Waals surface area contributed by atoms with Gasteiger partial charge in [-0.05, 0) is 5.56 Å². The van der Waals surface area contributed by atoms with E-state index in [4.69, 9.17) is 5.21 Å². The van der Waals surface area contributed by atoms with Gasteiger partial charge in [0.05, 0.1) is 11.7 Å². The normalized spacial score (nSPS) is 13.4. The molecule has 0 heterocycles. The Morgan fingerprint density at radius 2 is 2.12 bits per heavy atom. The lowest BCUT2D eigenvalue weighted by Gasteiger charge is -2.09. The molecule has 0 fully saturated rings. The molecule has 17 heavy (non-hydrogen) atoms. The number of carbonyl (C=O) groups excluding carboxylic acids is 1. The molecule has 0 aliphatic heterocycles. The van der Waals surface area contributed by atoms with Crippen LogP contribution in [0.3, 0.4) is 0 Å². The first-order chi connectivity index (χ1) is 8.13. The first-order valence-electron chi connectivity index (χ1n) is 5.05. The van der Waals surface area contributed by atoms with Crippen LogP contribution >= 0.6 is 11.8 Å². The summed E-state index contributed by atoms with van der Waals surface area (Å²) in [6.07, 6.45) is 0.474. The molecule has 0 aliphatic carbocycles. The minimum atomic E-state index is -1.20. The minimum absolute atomic E-state index is 0.231. The van der Waals surface area contributed by atoms with Crippen LogP contribution in [0.15, 0.2) is 35.5 Å². The molecule has 0 radical (unpaired) electrons. The molecule has 1 atom stereocenters. The second-order valence-electron chi connectivity index (χ2n) is 3.48. The Labute approximate surface area is 103 Å². The molecule has 6 heteroatoms.